The van der Waals surface area contributed by atoms with Crippen molar-refractivity contribution >= 4 is 21.8 Å². The largest absolute Gasteiger partial charge is 0.457 e. The highest BCUT2D eigenvalue weighted by molar-refractivity contribution is 6.10. The minimum absolute atomic E-state index is 0.211. The average Bonchev–Trinajstić information content (AvgIpc) is 3.35. The fourth-order valence-corrected chi connectivity index (χ4v) is 6.48. The van der Waals surface area contributed by atoms with E-state index in [4.69, 9.17) is 4.74 Å². The van der Waals surface area contributed by atoms with E-state index in [2.05, 4.69) is 158 Å². The van der Waals surface area contributed by atoms with Crippen LogP contribution in [-0.4, -0.2) is 4.57 Å². The van der Waals surface area contributed by atoms with Crippen molar-refractivity contribution in [2.75, 3.05) is 0 Å². The van der Waals surface area contributed by atoms with E-state index in [9.17, 15) is 0 Å². The number of hydrogen-bond acceptors (Lipinski definition) is 1. The molecule has 0 saturated heterocycles. The molecule has 2 heteroatoms. The van der Waals surface area contributed by atoms with Crippen molar-refractivity contribution in [3.8, 4) is 39.4 Å². The summed E-state index contributed by atoms with van der Waals surface area (Å²) in [4.78, 5) is 0. The van der Waals surface area contributed by atoms with Gasteiger partial charge in [0.15, 0.2) is 0 Å². The highest BCUT2D eigenvalue weighted by Crippen LogP contribution is 2.50. The van der Waals surface area contributed by atoms with Crippen LogP contribution in [0.2, 0.25) is 0 Å². The molecular formula is C39H29NO. The van der Waals surface area contributed by atoms with E-state index < -0.39 is 0 Å². The summed E-state index contributed by atoms with van der Waals surface area (Å²) in [5, 5.41) is 2.52. The van der Waals surface area contributed by atoms with Crippen molar-refractivity contribution in [2.24, 2.45) is 0 Å². The van der Waals surface area contributed by atoms with Crippen LogP contribution in [0.3, 0.4) is 0 Å². The lowest BCUT2D eigenvalue weighted by molar-refractivity contribution is 0.418. The summed E-state index contributed by atoms with van der Waals surface area (Å²) in [5.74, 6) is 1.87. The molecule has 0 atom stereocenters. The number of hydrogen-bond donors (Lipinski definition) is 0. The molecule has 0 unspecified atom stereocenters. The number of ether oxygens (including phenoxy) is 1. The van der Waals surface area contributed by atoms with Gasteiger partial charge in [0.1, 0.15) is 11.5 Å². The fourth-order valence-electron chi connectivity index (χ4n) is 6.48. The van der Waals surface area contributed by atoms with Crippen LogP contribution >= 0.6 is 0 Å². The summed E-state index contributed by atoms with van der Waals surface area (Å²) in [6.07, 6.45) is 0. The molecule has 196 valence electrons. The Morgan fingerprint density at radius 2 is 1.00 bits per heavy atom. The minimum atomic E-state index is -0.211. The highest BCUT2D eigenvalue weighted by Gasteiger charge is 2.34. The lowest BCUT2D eigenvalue weighted by atomic mass is 9.74. The Kier molecular flexibility index (Phi) is 5.20. The van der Waals surface area contributed by atoms with Crippen molar-refractivity contribution in [1.82, 2.24) is 4.57 Å². The molecule has 0 amide bonds. The first-order valence-corrected chi connectivity index (χ1v) is 14.2. The Hall–Kier alpha value is -5.08. The summed E-state index contributed by atoms with van der Waals surface area (Å²) in [6.45, 7) is 4.62. The molecule has 1 aromatic heterocycles. The molecule has 0 N–H and O–H groups in total. The second-order valence-corrected chi connectivity index (χ2v) is 11.4. The molecule has 8 rings (SSSR count). The number of para-hydroxylation sites is 2. The van der Waals surface area contributed by atoms with Gasteiger partial charge in [-0.25, -0.2) is 0 Å². The van der Waals surface area contributed by atoms with Gasteiger partial charge in [-0.05, 0) is 76.9 Å². The van der Waals surface area contributed by atoms with Crippen LogP contribution in [0.15, 0.2) is 140 Å². The first-order valence-electron chi connectivity index (χ1n) is 14.2. The van der Waals surface area contributed by atoms with Crippen molar-refractivity contribution in [3.05, 3.63) is 151 Å². The molecule has 0 aliphatic carbocycles. The minimum Gasteiger partial charge on any atom is -0.457 e. The number of fused-ring (bicyclic) bond motifs is 5. The van der Waals surface area contributed by atoms with E-state index in [1.54, 1.807) is 0 Å². The molecule has 0 bridgehead atoms. The van der Waals surface area contributed by atoms with Gasteiger partial charge < -0.3 is 9.30 Å². The Morgan fingerprint density at radius 1 is 0.463 bits per heavy atom. The third-order valence-electron chi connectivity index (χ3n) is 8.65. The second-order valence-electron chi connectivity index (χ2n) is 11.4. The topological polar surface area (TPSA) is 14.2 Å². The first-order chi connectivity index (χ1) is 20.1. The van der Waals surface area contributed by atoms with Crippen LogP contribution in [-0.2, 0) is 5.41 Å². The van der Waals surface area contributed by atoms with Gasteiger partial charge >= 0.3 is 0 Å². The fraction of sp³-hybridized carbons (Fsp3) is 0.0769. The zero-order valence-electron chi connectivity index (χ0n) is 23.1. The molecule has 2 nitrogen and oxygen atoms in total. The smallest absolute Gasteiger partial charge is 0.131 e. The van der Waals surface area contributed by atoms with Crippen molar-refractivity contribution in [3.63, 3.8) is 0 Å². The van der Waals surface area contributed by atoms with Crippen molar-refractivity contribution in [2.45, 2.75) is 19.3 Å². The van der Waals surface area contributed by atoms with Crippen LogP contribution in [0.5, 0.6) is 11.5 Å². The van der Waals surface area contributed by atoms with Crippen LogP contribution in [0.4, 0.5) is 0 Å². The Bertz CT molecular complexity index is 2080. The van der Waals surface area contributed by atoms with E-state index in [-0.39, 0.29) is 5.41 Å². The van der Waals surface area contributed by atoms with Gasteiger partial charge in [-0.1, -0.05) is 98.8 Å². The van der Waals surface area contributed by atoms with E-state index in [0.29, 0.717) is 0 Å². The molecule has 7 aromatic rings. The lowest BCUT2D eigenvalue weighted by Crippen LogP contribution is -2.24. The van der Waals surface area contributed by atoms with Crippen LogP contribution in [0, 0.1) is 0 Å². The highest BCUT2D eigenvalue weighted by atomic mass is 16.5. The van der Waals surface area contributed by atoms with E-state index in [1.165, 1.54) is 60.9 Å². The normalized spacial score (nSPS) is 13.5. The third-order valence-corrected chi connectivity index (χ3v) is 8.65. The first kappa shape index (κ1) is 23.8. The Balaban J connectivity index is 1.25. The van der Waals surface area contributed by atoms with Gasteiger partial charge in [0.05, 0.1) is 11.0 Å². The predicted octanol–water partition coefficient (Wildman–Crippen LogP) is 10.5. The Morgan fingerprint density at radius 3 is 1.71 bits per heavy atom. The third kappa shape index (κ3) is 3.72. The van der Waals surface area contributed by atoms with Crippen LogP contribution in [0.25, 0.3) is 49.7 Å². The van der Waals surface area contributed by atoms with E-state index in [0.717, 1.165) is 11.5 Å². The Labute approximate surface area is 240 Å². The second kappa shape index (κ2) is 8.97. The quantitative estimate of drug-likeness (QED) is 0.223. The molecular weight excluding hydrogens is 498 g/mol. The molecule has 1 aliphatic heterocycles. The van der Waals surface area contributed by atoms with Crippen LogP contribution in [0.1, 0.15) is 25.0 Å². The van der Waals surface area contributed by atoms with E-state index >= 15 is 0 Å². The van der Waals surface area contributed by atoms with Crippen molar-refractivity contribution < 1.29 is 4.74 Å². The van der Waals surface area contributed by atoms with Gasteiger partial charge in [0.25, 0.3) is 0 Å². The standard InChI is InChI=1S/C39H29NO/c1-39(2)33-24-28(26-11-5-3-6-12-26)18-21-37(33)41-38-22-19-29(25-34(38)39)27-17-20-36-32(23-27)31-15-9-10-16-35(31)40(36)30-13-7-4-8-14-30/h3-25H,1-2H3. The molecule has 6 aromatic carbocycles. The monoisotopic (exact) mass is 527 g/mol. The zero-order chi connectivity index (χ0) is 27.6. The maximum atomic E-state index is 6.47. The number of aromatic nitrogens is 1. The molecule has 0 fully saturated rings. The molecule has 0 spiro atoms. The molecule has 0 radical (unpaired) electrons. The summed E-state index contributed by atoms with van der Waals surface area (Å²) >= 11 is 0. The van der Waals surface area contributed by atoms with Gasteiger partial charge in [-0.3, -0.25) is 0 Å². The SMILES string of the molecule is CC1(C)c2cc(-c3ccccc3)ccc2Oc2ccc(-c3ccc4c(c3)c3ccccc3n4-c3ccccc3)cc21. The molecule has 41 heavy (non-hydrogen) atoms. The summed E-state index contributed by atoms with van der Waals surface area (Å²) < 4.78 is 8.83. The average molecular weight is 528 g/mol. The zero-order valence-corrected chi connectivity index (χ0v) is 23.1. The lowest BCUT2D eigenvalue weighted by Gasteiger charge is -2.35. The van der Waals surface area contributed by atoms with E-state index in [1.807, 2.05) is 0 Å². The van der Waals surface area contributed by atoms with Gasteiger partial charge in [-0.15, -0.1) is 0 Å². The van der Waals surface area contributed by atoms with Gasteiger partial charge in [0, 0.05) is 33.0 Å². The predicted molar refractivity (Wildman–Crippen MR) is 170 cm³/mol. The molecule has 1 aliphatic rings. The maximum absolute atomic E-state index is 6.47. The molecule has 2 heterocycles. The molecule has 0 saturated carbocycles. The summed E-state index contributed by atoms with van der Waals surface area (Å²) in [7, 11) is 0. The number of nitrogens with zero attached hydrogens (tertiary/aromatic N) is 1. The maximum Gasteiger partial charge on any atom is 0.131 e. The van der Waals surface area contributed by atoms with Crippen LogP contribution < -0.4 is 4.74 Å². The number of rotatable bonds is 3. The van der Waals surface area contributed by atoms with Gasteiger partial charge in [-0.2, -0.15) is 0 Å². The van der Waals surface area contributed by atoms with Gasteiger partial charge in [0.2, 0.25) is 0 Å². The number of benzene rings is 6. The van der Waals surface area contributed by atoms with Crippen molar-refractivity contribution in [1.29, 1.82) is 0 Å². The summed E-state index contributed by atoms with van der Waals surface area (Å²) in [6, 6.07) is 49.9. The summed E-state index contributed by atoms with van der Waals surface area (Å²) in [5.41, 5.74) is 10.6.